The molecule has 1 aliphatic heterocycles. The summed E-state index contributed by atoms with van der Waals surface area (Å²) in [7, 11) is 1.68. The van der Waals surface area contributed by atoms with Gasteiger partial charge < -0.3 is 24.1 Å². The van der Waals surface area contributed by atoms with Gasteiger partial charge in [-0.1, -0.05) is 57.4 Å². The predicted molar refractivity (Wildman–Crippen MR) is 173 cm³/mol. The largest absolute Gasteiger partial charge is 0.489 e. The van der Waals surface area contributed by atoms with Gasteiger partial charge in [-0.25, -0.2) is 0 Å². The van der Waals surface area contributed by atoms with Gasteiger partial charge in [0, 0.05) is 62.2 Å². The normalized spacial score (nSPS) is 15.9. The summed E-state index contributed by atoms with van der Waals surface area (Å²) in [5, 5.41) is 0. The number of fused-ring (bicyclic) bond motifs is 1. The molecule has 1 saturated heterocycles. The minimum atomic E-state index is -0.406. The highest BCUT2D eigenvalue weighted by Gasteiger charge is 2.33. The standard InChI is InChI=1S/C36H52N2O4/c1-7-19-41-20-9-8-10-28-15-17-38(18-16-28)33-24-31(29(25-39)23-34(33)42-22-21-40-6)36(4,5)35-27(3)30-13-11-26(2)12-14-32(30)37-35/h11-13,23-25,28,37H,7-10,14-22H2,1-6H3. The Bertz CT molecular complexity index is 1250. The number of hydrogen-bond acceptors (Lipinski definition) is 5. The minimum absolute atomic E-state index is 0.406. The average molecular weight is 577 g/mol. The van der Waals surface area contributed by atoms with Crippen molar-refractivity contribution in [1.29, 1.82) is 0 Å². The van der Waals surface area contributed by atoms with Gasteiger partial charge in [0.15, 0.2) is 6.29 Å². The second kappa shape index (κ2) is 15.1. The number of anilines is 1. The van der Waals surface area contributed by atoms with Crippen LogP contribution in [0.25, 0.3) is 6.08 Å². The summed E-state index contributed by atoms with van der Waals surface area (Å²) in [4.78, 5) is 18.8. The summed E-state index contributed by atoms with van der Waals surface area (Å²) < 4.78 is 17.2. The van der Waals surface area contributed by atoms with E-state index in [2.05, 4.69) is 68.8 Å². The molecule has 0 saturated carbocycles. The molecule has 2 aliphatic rings. The van der Waals surface area contributed by atoms with E-state index < -0.39 is 5.41 Å². The van der Waals surface area contributed by atoms with Gasteiger partial charge in [0.1, 0.15) is 12.4 Å². The lowest BCUT2D eigenvalue weighted by Crippen LogP contribution is -2.34. The lowest BCUT2D eigenvalue weighted by atomic mass is 9.77. The predicted octanol–water partition coefficient (Wildman–Crippen LogP) is 7.82. The first-order valence-electron chi connectivity index (χ1n) is 15.9. The molecule has 0 unspecified atom stereocenters. The zero-order chi connectivity index (χ0) is 30.1. The Morgan fingerprint density at radius 3 is 2.55 bits per heavy atom. The number of carbonyl (C=O) groups excluding carboxylic acids is 1. The molecule has 1 aliphatic carbocycles. The quantitative estimate of drug-likeness (QED) is 0.173. The minimum Gasteiger partial charge on any atom is -0.489 e. The molecule has 1 fully saturated rings. The van der Waals surface area contributed by atoms with Crippen LogP contribution in [0.2, 0.25) is 0 Å². The number of benzene rings is 1. The van der Waals surface area contributed by atoms with Crippen molar-refractivity contribution in [3.63, 3.8) is 0 Å². The number of piperidine rings is 1. The molecule has 1 aromatic heterocycles. The third-order valence-electron chi connectivity index (χ3n) is 9.08. The van der Waals surface area contributed by atoms with Crippen LogP contribution < -0.4 is 9.64 Å². The number of nitrogens with zero attached hydrogens (tertiary/aromatic N) is 1. The van der Waals surface area contributed by atoms with Crippen molar-refractivity contribution < 1.29 is 19.0 Å². The summed E-state index contributed by atoms with van der Waals surface area (Å²) in [6, 6.07) is 4.18. The molecule has 230 valence electrons. The number of aldehydes is 1. The number of allylic oxidation sites excluding steroid dienone is 3. The molecule has 42 heavy (non-hydrogen) atoms. The number of carbonyl (C=O) groups is 1. The number of methoxy groups -OCH3 is 1. The molecule has 0 bridgehead atoms. The van der Waals surface area contributed by atoms with E-state index >= 15 is 0 Å². The maximum atomic E-state index is 12.5. The van der Waals surface area contributed by atoms with Gasteiger partial charge in [0.2, 0.25) is 0 Å². The summed E-state index contributed by atoms with van der Waals surface area (Å²) in [6.45, 7) is 15.6. The molecule has 0 amide bonds. The first kappa shape index (κ1) is 32.1. The highest BCUT2D eigenvalue weighted by molar-refractivity contribution is 5.83. The Hall–Kier alpha value is -2.83. The first-order valence-corrected chi connectivity index (χ1v) is 15.9. The van der Waals surface area contributed by atoms with Crippen LogP contribution >= 0.6 is 0 Å². The number of H-pyrrole nitrogens is 1. The summed E-state index contributed by atoms with van der Waals surface area (Å²) in [6.07, 6.45) is 15.6. The molecule has 2 heterocycles. The zero-order valence-electron chi connectivity index (χ0n) is 26.8. The number of aromatic nitrogens is 1. The van der Waals surface area contributed by atoms with E-state index in [4.69, 9.17) is 14.2 Å². The van der Waals surface area contributed by atoms with Gasteiger partial charge in [-0.2, -0.15) is 0 Å². The van der Waals surface area contributed by atoms with Gasteiger partial charge in [-0.05, 0) is 74.3 Å². The third kappa shape index (κ3) is 7.57. The van der Waals surface area contributed by atoms with Gasteiger partial charge in [0.05, 0.1) is 12.3 Å². The summed E-state index contributed by atoms with van der Waals surface area (Å²) in [5.74, 6) is 1.51. The number of nitrogens with one attached hydrogen (secondary N) is 1. The van der Waals surface area contributed by atoms with E-state index in [1.807, 2.05) is 6.07 Å². The van der Waals surface area contributed by atoms with Crippen molar-refractivity contribution in [2.24, 2.45) is 5.92 Å². The second-order valence-corrected chi connectivity index (χ2v) is 12.5. The van der Waals surface area contributed by atoms with Crippen LogP contribution in [-0.4, -0.2) is 57.9 Å². The maximum absolute atomic E-state index is 12.5. The monoisotopic (exact) mass is 576 g/mol. The maximum Gasteiger partial charge on any atom is 0.150 e. The van der Waals surface area contributed by atoms with E-state index in [1.54, 1.807) is 7.11 Å². The molecule has 1 aromatic carbocycles. The molecule has 0 spiro atoms. The Morgan fingerprint density at radius 1 is 1.05 bits per heavy atom. The summed E-state index contributed by atoms with van der Waals surface area (Å²) >= 11 is 0. The molecule has 4 rings (SSSR count). The fourth-order valence-corrected chi connectivity index (χ4v) is 6.53. The van der Waals surface area contributed by atoms with Crippen LogP contribution in [0.15, 0.2) is 29.9 Å². The van der Waals surface area contributed by atoms with Crippen LogP contribution in [0.4, 0.5) is 5.69 Å². The van der Waals surface area contributed by atoms with Crippen molar-refractivity contribution in [3.8, 4) is 5.75 Å². The van der Waals surface area contributed by atoms with Gasteiger partial charge in [0.25, 0.3) is 0 Å². The second-order valence-electron chi connectivity index (χ2n) is 12.5. The van der Waals surface area contributed by atoms with Gasteiger partial charge in [-0.3, -0.25) is 4.79 Å². The van der Waals surface area contributed by atoms with E-state index in [0.29, 0.717) is 18.8 Å². The molecule has 1 N–H and O–H groups in total. The van der Waals surface area contributed by atoms with Crippen LogP contribution in [0, 0.1) is 12.8 Å². The molecular formula is C36H52N2O4. The third-order valence-corrected chi connectivity index (χ3v) is 9.08. The van der Waals surface area contributed by atoms with Crippen molar-refractivity contribution >= 4 is 18.0 Å². The van der Waals surface area contributed by atoms with E-state index in [9.17, 15) is 4.79 Å². The zero-order valence-corrected chi connectivity index (χ0v) is 26.8. The van der Waals surface area contributed by atoms with Crippen molar-refractivity contribution in [2.75, 3.05) is 51.5 Å². The van der Waals surface area contributed by atoms with E-state index in [-0.39, 0.29) is 0 Å². The van der Waals surface area contributed by atoms with E-state index in [0.717, 1.165) is 80.5 Å². The van der Waals surface area contributed by atoms with Crippen LogP contribution in [0.3, 0.4) is 0 Å². The molecular weight excluding hydrogens is 524 g/mol. The highest BCUT2D eigenvalue weighted by Crippen LogP contribution is 2.43. The highest BCUT2D eigenvalue weighted by atomic mass is 16.5. The molecule has 2 aromatic rings. The van der Waals surface area contributed by atoms with Crippen LogP contribution in [-0.2, 0) is 21.3 Å². The fraction of sp³-hybridized carbons (Fsp3) is 0.583. The van der Waals surface area contributed by atoms with Crippen molar-refractivity contribution in [3.05, 3.63) is 63.5 Å². The van der Waals surface area contributed by atoms with Crippen LogP contribution in [0.1, 0.15) is 105 Å². The topological polar surface area (TPSA) is 63.8 Å². The SMILES string of the molecule is CCCOCCCCC1CCN(c2cc(C(C)(C)c3[nH]c4c(c3C)C=CC(C)=CC4)c(C=O)cc2OCCOC)CC1. The number of rotatable bonds is 15. The first-order chi connectivity index (χ1) is 20.3. The number of unbranched alkanes of at least 4 members (excludes halogenated alkanes) is 1. The number of hydrogen-bond donors (Lipinski definition) is 1. The van der Waals surface area contributed by atoms with Crippen molar-refractivity contribution in [1.82, 2.24) is 4.98 Å². The molecule has 0 radical (unpaired) electrons. The van der Waals surface area contributed by atoms with Gasteiger partial charge >= 0.3 is 0 Å². The van der Waals surface area contributed by atoms with Crippen LogP contribution in [0.5, 0.6) is 5.75 Å². The summed E-state index contributed by atoms with van der Waals surface area (Å²) in [5.41, 5.74) is 8.55. The fourth-order valence-electron chi connectivity index (χ4n) is 6.53. The average Bonchev–Trinajstić information content (AvgIpc) is 3.20. The Kier molecular flexibility index (Phi) is 11.5. The number of aromatic amines is 1. The molecule has 6 heteroatoms. The smallest absolute Gasteiger partial charge is 0.150 e. The van der Waals surface area contributed by atoms with Gasteiger partial charge in [-0.15, -0.1) is 0 Å². The Morgan fingerprint density at radius 2 is 1.83 bits per heavy atom. The lowest BCUT2D eigenvalue weighted by molar-refractivity contribution is 0.112. The molecule has 0 atom stereocenters. The van der Waals surface area contributed by atoms with Crippen molar-refractivity contribution in [2.45, 2.75) is 85.0 Å². The lowest BCUT2D eigenvalue weighted by Gasteiger charge is -2.36. The molecule has 6 nitrogen and oxygen atoms in total. The Balaban J connectivity index is 1.59. The van der Waals surface area contributed by atoms with E-state index in [1.165, 1.54) is 48.1 Å². The Labute approximate surface area is 253 Å². The number of ether oxygens (including phenoxy) is 3.